The maximum absolute atomic E-state index is 13.5. The van der Waals surface area contributed by atoms with E-state index in [1.807, 2.05) is 60.2 Å². The summed E-state index contributed by atoms with van der Waals surface area (Å²) in [7, 11) is 0. The molecule has 0 fully saturated rings. The summed E-state index contributed by atoms with van der Waals surface area (Å²) >= 11 is 1.40. The Morgan fingerprint density at radius 3 is 2.60 bits per heavy atom. The standard InChI is InChI=1S/C23H24N4O2S/c1-16(30-22-24-13-14-26(22)15-17-9-5-4-6-10-17)20(28)27-19-12-8-7-11-18(19)25-21(29)23(27,2)3/h4-14,16H,15H2,1-3H3,(H,25,29)/t16-/m1/s1. The Hall–Kier alpha value is -3.06. The molecule has 1 aromatic heterocycles. The van der Waals surface area contributed by atoms with Gasteiger partial charge in [-0.15, -0.1) is 0 Å². The number of rotatable bonds is 5. The molecular formula is C23H24N4O2S. The summed E-state index contributed by atoms with van der Waals surface area (Å²) in [6.45, 7) is 6.08. The third-order valence-corrected chi connectivity index (χ3v) is 6.34. The molecule has 2 aromatic carbocycles. The number of benzene rings is 2. The van der Waals surface area contributed by atoms with Crippen LogP contribution < -0.4 is 10.2 Å². The number of nitrogens with one attached hydrogen (secondary N) is 1. The number of para-hydroxylation sites is 2. The van der Waals surface area contributed by atoms with Crippen molar-refractivity contribution in [1.82, 2.24) is 9.55 Å². The molecule has 4 rings (SSSR count). The third-order valence-electron chi connectivity index (χ3n) is 5.23. The molecular weight excluding hydrogens is 396 g/mol. The van der Waals surface area contributed by atoms with Crippen LogP contribution in [-0.2, 0) is 16.1 Å². The van der Waals surface area contributed by atoms with E-state index < -0.39 is 10.8 Å². The summed E-state index contributed by atoms with van der Waals surface area (Å²) in [6.07, 6.45) is 3.66. The number of thioether (sulfide) groups is 1. The van der Waals surface area contributed by atoms with E-state index in [9.17, 15) is 9.59 Å². The number of anilines is 2. The number of amides is 2. The maximum atomic E-state index is 13.5. The molecule has 30 heavy (non-hydrogen) atoms. The second-order valence-electron chi connectivity index (χ2n) is 7.79. The number of aromatic nitrogens is 2. The highest BCUT2D eigenvalue weighted by Crippen LogP contribution is 2.38. The fourth-order valence-electron chi connectivity index (χ4n) is 3.55. The van der Waals surface area contributed by atoms with Crippen molar-refractivity contribution in [3.63, 3.8) is 0 Å². The molecule has 0 aliphatic carbocycles. The summed E-state index contributed by atoms with van der Waals surface area (Å²) in [5.74, 6) is -0.320. The third kappa shape index (κ3) is 3.73. The average Bonchev–Trinajstić information content (AvgIpc) is 3.15. The quantitative estimate of drug-likeness (QED) is 0.629. The molecule has 1 aliphatic rings. The fraction of sp³-hybridized carbons (Fsp3) is 0.261. The molecule has 7 heteroatoms. The van der Waals surface area contributed by atoms with Crippen molar-refractivity contribution in [2.24, 2.45) is 0 Å². The van der Waals surface area contributed by atoms with Crippen molar-refractivity contribution >= 4 is 35.0 Å². The van der Waals surface area contributed by atoms with E-state index >= 15 is 0 Å². The van der Waals surface area contributed by atoms with Crippen LogP contribution in [0.3, 0.4) is 0 Å². The molecule has 3 aromatic rings. The lowest BCUT2D eigenvalue weighted by molar-refractivity contribution is -0.126. The first-order valence-corrected chi connectivity index (χ1v) is 10.7. The van der Waals surface area contributed by atoms with Gasteiger partial charge in [-0.05, 0) is 38.5 Å². The molecule has 2 amide bonds. The normalized spacial score (nSPS) is 16.0. The van der Waals surface area contributed by atoms with Crippen molar-refractivity contribution in [2.45, 2.75) is 43.3 Å². The summed E-state index contributed by atoms with van der Waals surface area (Å²) in [5, 5.41) is 3.25. The second kappa shape index (κ2) is 7.99. The number of carbonyl (C=O) groups excluding carboxylic acids is 2. The van der Waals surface area contributed by atoms with Crippen LogP contribution in [0.4, 0.5) is 11.4 Å². The highest BCUT2D eigenvalue weighted by molar-refractivity contribution is 8.00. The van der Waals surface area contributed by atoms with Gasteiger partial charge >= 0.3 is 0 Å². The monoisotopic (exact) mass is 420 g/mol. The van der Waals surface area contributed by atoms with E-state index in [1.165, 1.54) is 17.3 Å². The predicted molar refractivity (Wildman–Crippen MR) is 120 cm³/mol. The van der Waals surface area contributed by atoms with Crippen LogP contribution in [0.15, 0.2) is 72.1 Å². The van der Waals surface area contributed by atoms with Crippen molar-refractivity contribution in [2.75, 3.05) is 10.2 Å². The van der Waals surface area contributed by atoms with E-state index in [1.54, 1.807) is 24.9 Å². The average molecular weight is 421 g/mol. The van der Waals surface area contributed by atoms with Crippen molar-refractivity contribution in [1.29, 1.82) is 0 Å². The first-order valence-electron chi connectivity index (χ1n) is 9.84. The van der Waals surface area contributed by atoms with Crippen LogP contribution in [0.5, 0.6) is 0 Å². The van der Waals surface area contributed by atoms with Gasteiger partial charge in [0.1, 0.15) is 5.54 Å². The molecule has 0 saturated carbocycles. The van der Waals surface area contributed by atoms with E-state index in [0.29, 0.717) is 17.9 Å². The topological polar surface area (TPSA) is 67.2 Å². The molecule has 0 saturated heterocycles. The van der Waals surface area contributed by atoms with Crippen LogP contribution in [0.2, 0.25) is 0 Å². The zero-order valence-electron chi connectivity index (χ0n) is 17.2. The zero-order chi connectivity index (χ0) is 21.3. The molecule has 0 bridgehead atoms. The van der Waals surface area contributed by atoms with Gasteiger partial charge in [0, 0.05) is 18.9 Å². The van der Waals surface area contributed by atoms with E-state index in [0.717, 1.165) is 5.16 Å². The van der Waals surface area contributed by atoms with Gasteiger partial charge in [-0.1, -0.05) is 54.2 Å². The minimum Gasteiger partial charge on any atom is -0.322 e. The lowest BCUT2D eigenvalue weighted by Crippen LogP contribution is -2.60. The van der Waals surface area contributed by atoms with Gasteiger partial charge in [-0.2, -0.15) is 0 Å². The van der Waals surface area contributed by atoms with Gasteiger partial charge < -0.3 is 9.88 Å². The van der Waals surface area contributed by atoms with Gasteiger partial charge in [0.15, 0.2) is 5.16 Å². The maximum Gasteiger partial charge on any atom is 0.250 e. The summed E-state index contributed by atoms with van der Waals surface area (Å²) < 4.78 is 2.03. The van der Waals surface area contributed by atoms with Crippen LogP contribution in [-0.4, -0.2) is 32.2 Å². The summed E-state index contributed by atoms with van der Waals surface area (Å²) in [5.41, 5.74) is 1.55. The first kappa shape index (κ1) is 20.2. The number of fused-ring (bicyclic) bond motifs is 1. The van der Waals surface area contributed by atoms with E-state index in [-0.39, 0.29) is 11.8 Å². The van der Waals surface area contributed by atoms with Crippen molar-refractivity contribution in [3.05, 3.63) is 72.6 Å². The van der Waals surface area contributed by atoms with Crippen LogP contribution >= 0.6 is 11.8 Å². The number of imidazole rings is 1. The fourth-order valence-corrected chi connectivity index (χ4v) is 4.46. The number of nitrogens with zero attached hydrogens (tertiary/aromatic N) is 3. The molecule has 6 nitrogen and oxygen atoms in total. The zero-order valence-corrected chi connectivity index (χ0v) is 18.0. The SMILES string of the molecule is C[C@@H](Sc1nccn1Cc1ccccc1)C(=O)N1c2ccccc2NC(=O)C1(C)C. The summed E-state index contributed by atoms with van der Waals surface area (Å²) in [4.78, 5) is 32.2. The highest BCUT2D eigenvalue weighted by atomic mass is 32.2. The number of hydrogen-bond acceptors (Lipinski definition) is 4. The lowest BCUT2D eigenvalue weighted by Gasteiger charge is -2.43. The second-order valence-corrected chi connectivity index (χ2v) is 9.10. The Morgan fingerprint density at radius 1 is 1.13 bits per heavy atom. The smallest absolute Gasteiger partial charge is 0.250 e. The van der Waals surface area contributed by atoms with Gasteiger partial charge in [0.2, 0.25) is 11.8 Å². The Labute approximate surface area is 180 Å². The van der Waals surface area contributed by atoms with Gasteiger partial charge in [-0.3, -0.25) is 14.5 Å². The van der Waals surface area contributed by atoms with Crippen LogP contribution in [0.1, 0.15) is 26.3 Å². The molecule has 1 N–H and O–H groups in total. The van der Waals surface area contributed by atoms with Gasteiger partial charge in [0.05, 0.1) is 16.6 Å². The van der Waals surface area contributed by atoms with Gasteiger partial charge in [-0.25, -0.2) is 4.98 Å². The van der Waals surface area contributed by atoms with Crippen LogP contribution in [0, 0.1) is 0 Å². The summed E-state index contributed by atoms with van der Waals surface area (Å²) in [6, 6.07) is 17.5. The Balaban J connectivity index is 1.58. The molecule has 0 radical (unpaired) electrons. The van der Waals surface area contributed by atoms with E-state index in [4.69, 9.17) is 0 Å². The molecule has 0 unspecified atom stereocenters. The Bertz CT molecular complexity index is 1080. The molecule has 1 aliphatic heterocycles. The van der Waals surface area contributed by atoms with Crippen molar-refractivity contribution < 1.29 is 9.59 Å². The number of carbonyl (C=O) groups is 2. The Kier molecular flexibility index (Phi) is 5.39. The van der Waals surface area contributed by atoms with Crippen molar-refractivity contribution in [3.8, 4) is 0 Å². The lowest BCUT2D eigenvalue weighted by atomic mass is 9.96. The highest BCUT2D eigenvalue weighted by Gasteiger charge is 2.44. The van der Waals surface area contributed by atoms with Gasteiger partial charge in [0.25, 0.3) is 0 Å². The molecule has 1 atom stereocenters. The molecule has 0 spiro atoms. The first-order chi connectivity index (χ1) is 14.4. The minimum absolute atomic E-state index is 0.124. The minimum atomic E-state index is -0.986. The number of hydrogen-bond donors (Lipinski definition) is 1. The molecule has 154 valence electrons. The van der Waals surface area contributed by atoms with E-state index in [2.05, 4.69) is 22.4 Å². The Morgan fingerprint density at radius 2 is 1.83 bits per heavy atom. The van der Waals surface area contributed by atoms with Crippen LogP contribution in [0.25, 0.3) is 0 Å². The largest absolute Gasteiger partial charge is 0.322 e. The predicted octanol–water partition coefficient (Wildman–Crippen LogP) is 4.18. The molecule has 2 heterocycles.